The Morgan fingerprint density at radius 2 is 2.12 bits per heavy atom. The van der Waals surface area contributed by atoms with Gasteiger partial charge in [-0.15, -0.1) is 22.7 Å². The number of benzene rings is 1. The number of carbonyl (C=O) groups is 1. The van der Waals surface area contributed by atoms with E-state index in [1.54, 1.807) is 22.7 Å². The van der Waals surface area contributed by atoms with Gasteiger partial charge in [0.25, 0.3) is 0 Å². The number of hydrogen-bond donors (Lipinski definition) is 1. The van der Waals surface area contributed by atoms with E-state index in [1.165, 1.54) is 11.1 Å². The highest BCUT2D eigenvalue weighted by Gasteiger charge is 2.21. The number of nitrogens with one attached hydrogen (secondary N) is 1. The van der Waals surface area contributed by atoms with Crippen molar-refractivity contribution in [3.8, 4) is 9.88 Å². The largest absolute Gasteiger partial charge is 0.349 e. The molecule has 1 amide bonds. The number of fused-ring (bicyclic) bond motifs is 1. The molecule has 0 spiro atoms. The van der Waals surface area contributed by atoms with Gasteiger partial charge in [0.05, 0.1) is 23.0 Å². The SMILES string of the molecule is O=C(Cc1csc(-c2cccs2)n1)NC1CCCc2ccccc21. The standard InChI is InChI=1S/C19H18N2OS2/c22-18(11-14-12-24-19(20-14)17-9-4-10-23-17)21-16-8-3-6-13-5-1-2-7-15(13)16/h1-2,4-5,7,9-10,12,16H,3,6,8,11H2,(H,21,22). The minimum atomic E-state index is 0.0553. The van der Waals surface area contributed by atoms with Gasteiger partial charge in [-0.3, -0.25) is 4.79 Å². The molecule has 1 aliphatic carbocycles. The first kappa shape index (κ1) is 15.5. The number of hydrogen-bond acceptors (Lipinski definition) is 4. The molecule has 3 aromatic rings. The zero-order valence-electron chi connectivity index (χ0n) is 13.2. The first-order valence-corrected chi connectivity index (χ1v) is 9.91. The van der Waals surface area contributed by atoms with E-state index in [4.69, 9.17) is 0 Å². The minimum Gasteiger partial charge on any atom is -0.349 e. The van der Waals surface area contributed by atoms with Gasteiger partial charge in [-0.05, 0) is 41.8 Å². The number of thiophene rings is 1. The molecule has 1 unspecified atom stereocenters. The lowest BCUT2D eigenvalue weighted by Gasteiger charge is -2.26. The lowest BCUT2D eigenvalue weighted by Crippen LogP contribution is -2.32. The zero-order valence-corrected chi connectivity index (χ0v) is 14.8. The van der Waals surface area contributed by atoms with Crippen molar-refractivity contribution >= 4 is 28.6 Å². The van der Waals surface area contributed by atoms with Gasteiger partial charge in [0.15, 0.2) is 0 Å². The summed E-state index contributed by atoms with van der Waals surface area (Å²) >= 11 is 3.28. The second kappa shape index (κ2) is 6.87. The average molecular weight is 355 g/mol. The van der Waals surface area contributed by atoms with E-state index in [0.29, 0.717) is 6.42 Å². The maximum Gasteiger partial charge on any atom is 0.226 e. The maximum absolute atomic E-state index is 12.4. The van der Waals surface area contributed by atoms with Gasteiger partial charge in [0.2, 0.25) is 5.91 Å². The van der Waals surface area contributed by atoms with Crippen molar-refractivity contribution in [3.63, 3.8) is 0 Å². The summed E-state index contributed by atoms with van der Waals surface area (Å²) in [6.45, 7) is 0. The fourth-order valence-corrected chi connectivity index (χ4v) is 4.85. The molecule has 0 saturated heterocycles. The summed E-state index contributed by atoms with van der Waals surface area (Å²) in [5.74, 6) is 0.0553. The zero-order chi connectivity index (χ0) is 16.4. The molecule has 24 heavy (non-hydrogen) atoms. The van der Waals surface area contributed by atoms with Crippen molar-refractivity contribution in [2.24, 2.45) is 0 Å². The monoisotopic (exact) mass is 354 g/mol. The second-order valence-corrected chi connectivity index (χ2v) is 7.82. The van der Waals surface area contributed by atoms with Gasteiger partial charge in [-0.1, -0.05) is 30.3 Å². The van der Waals surface area contributed by atoms with Gasteiger partial charge < -0.3 is 5.32 Å². The van der Waals surface area contributed by atoms with Gasteiger partial charge >= 0.3 is 0 Å². The van der Waals surface area contributed by atoms with Crippen molar-refractivity contribution in [1.82, 2.24) is 10.3 Å². The third-order valence-electron chi connectivity index (χ3n) is 4.33. The molecule has 1 atom stereocenters. The molecular weight excluding hydrogens is 336 g/mol. The van der Waals surface area contributed by atoms with Crippen LogP contribution in [0.2, 0.25) is 0 Å². The van der Waals surface area contributed by atoms with E-state index in [-0.39, 0.29) is 11.9 Å². The fraction of sp³-hybridized carbons (Fsp3) is 0.263. The third kappa shape index (κ3) is 3.28. The normalized spacial score (nSPS) is 16.6. The van der Waals surface area contributed by atoms with E-state index in [2.05, 4.69) is 40.6 Å². The summed E-state index contributed by atoms with van der Waals surface area (Å²) in [5.41, 5.74) is 3.49. The van der Waals surface area contributed by atoms with Crippen LogP contribution in [-0.2, 0) is 17.6 Å². The Hall–Kier alpha value is -1.98. The molecule has 0 radical (unpaired) electrons. The van der Waals surface area contributed by atoms with E-state index in [1.807, 2.05) is 16.8 Å². The molecule has 5 heteroatoms. The Bertz CT molecular complexity index is 839. The van der Waals surface area contributed by atoms with Crippen LogP contribution in [0, 0.1) is 0 Å². The molecule has 0 aliphatic heterocycles. The van der Waals surface area contributed by atoms with Crippen LogP contribution in [0.25, 0.3) is 9.88 Å². The van der Waals surface area contributed by atoms with E-state index >= 15 is 0 Å². The van der Waals surface area contributed by atoms with Crippen LogP contribution >= 0.6 is 22.7 Å². The first-order chi connectivity index (χ1) is 11.8. The number of rotatable bonds is 4. The van der Waals surface area contributed by atoms with Crippen molar-refractivity contribution < 1.29 is 4.79 Å². The molecule has 0 bridgehead atoms. The smallest absolute Gasteiger partial charge is 0.226 e. The second-order valence-electron chi connectivity index (χ2n) is 6.01. The predicted octanol–water partition coefficient (Wildman–Crippen LogP) is 4.61. The molecule has 3 nitrogen and oxygen atoms in total. The van der Waals surface area contributed by atoms with Crippen LogP contribution in [0.5, 0.6) is 0 Å². The first-order valence-electron chi connectivity index (χ1n) is 8.15. The molecule has 2 aromatic heterocycles. The maximum atomic E-state index is 12.4. The number of thiazole rings is 1. The van der Waals surface area contributed by atoms with E-state index < -0.39 is 0 Å². The van der Waals surface area contributed by atoms with Crippen LogP contribution in [0.15, 0.2) is 47.2 Å². The Balaban J connectivity index is 1.43. The summed E-state index contributed by atoms with van der Waals surface area (Å²) in [6.07, 6.45) is 3.60. The Morgan fingerprint density at radius 3 is 3.00 bits per heavy atom. The molecule has 1 N–H and O–H groups in total. The highest BCUT2D eigenvalue weighted by atomic mass is 32.1. The molecule has 0 fully saturated rings. The van der Waals surface area contributed by atoms with Crippen LogP contribution in [0.3, 0.4) is 0 Å². The van der Waals surface area contributed by atoms with E-state index in [0.717, 1.165) is 34.8 Å². The van der Waals surface area contributed by atoms with Gasteiger partial charge in [0, 0.05) is 5.38 Å². The molecular formula is C19H18N2OS2. The molecule has 122 valence electrons. The summed E-state index contributed by atoms with van der Waals surface area (Å²) < 4.78 is 0. The van der Waals surface area contributed by atoms with Crippen LogP contribution < -0.4 is 5.32 Å². The molecule has 1 aromatic carbocycles. The van der Waals surface area contributed by atoms with Crippen molar-refractivity contribution in [2.45, 2.75) is 31.7 Å². The topological polar surface area (TPSA) is 42.0 Å². The third-order valence-corrected chi connectivity index (χ3v) is 6.26. The lowest BCUT2D eigenvalue weighted by atomic mass is 9.87. The molecule has 1 aliphatic rings. The highest BCUT2D eigenvalue weighted by Crippen LogP contribution is 2.30. The van der Waals surface area contributed by atoms with Gasteiger partial charge in [-0.25, -0.2) is 4.98 Å². The minimum absolute atomic E-state index is 0.0553. The Morgan fingerprint density at radius 1 is 1.21 bits per heavy atom. The predicted molar refractivity (Wildman–Crippen MR) is 99.4 cm³/mol. The number of nitrogens with zero attached hydrogens (tertiary/aromatic N) is 1. The Kier molecular flexibility index (Phi) is 4.45. The fourth-order valence-electron chi connectivity index (χ4n) is 3.22. The quantitative estimate of drug-likeness (QED) is 0.743. The van der Waals surface area contributed by atoms with E-state index in [9.17, 15) is 4.79 Å². The van der Waals surface area contributed by atoms with Gasteiger partial charge in [0.1, 0.15) is 5.01 Å². The van der Waals surface area contributed by atoms with Crippen LogP contribution in [0.1, 0.15) is 35.7 Å². The summed E-state index contributed by atoms with van der Waals surface area (Å²) in [7, 11) is 0. The number of aryl methyl sites for hydroxylation is 1. The van der Waals surface area contributed by atoms with Crippen LogP contribution in [-0.4, -0.2) is 10.9 Å². The number of aromatic nitrogens is 1. The molecule has 4 rings (SSSR count). The van der Waals surface area contributed by atoms with Crippen molar-refractivity contribution in [1.29, 1.82) is 0 Å². The van der Waals surface area contributed by atoms with Crippen molar-refractivity contribution in [2.75, 3.05) is 0 Å². The van der Waals surface area contributed by atoms with Crippen LogP contribution in [0.4, 0.5) is 0 Å². The number of amides is 1. The average Bonchev–Trinajstić information content (AvgIpc) is 3.26. The van der Waals surface area contributed by atoms with Gasteiger partial charge in [-0.2, -0.15) is 0 Å². The summed E-state index contributed by atoms with van der Waals surface area (Å²) in [4.78, 5) is 18.2. The number of carbonyl (C=O) groups excluding carboxylic acids is 1. The summed E-state index contributed by atoms with van der Waals surface area (Å²) in [6, 6.07) is 12.7. The highest BCUT2D eigenvalue weighted by molar-refractivity contribution is 7.20. The van der Waals surface area contributed by atoms with Crippen molar-refractivity contribution in [3.05, 3.63) is 64.0 Å². The Labute approximate surface area is 149 Å². The molecule has 2 heterocycles. The summed E-state index contributed by atoms with van der Waals surface area (Å²) in [5, 5.41) is 8.23. The molecule has 0 saturated carbocycles. The lowest BCUT2D eigenvalue weighted by molar-refractivity contribution is -0.121.